The summed E-state index contributed by atoms with van der Waals surface area (Å²) in [7, 11) is 0. The SMILES string of the molecule is CC(CC(N)=S)c1cccnc1. The van der Waals surface area contributed by atoms with E-state index >= 15 is 0 Å². The number of pyridine rings is 1. The van der Waals surface area contributed by atoms with E-state index in [1.807, 2.05) is 18.3 Å². The van der Waals surface area contributed by atoms with Crippen molar-refractivity contribution in [2.24, 2.45) is 5.73 Å². The van der Waals surface area contributed by atoms with Crippen LogP contribution in [-0.2, 0) is 0 Å². The molecule has 0 aliphatic rings. The maximum absolute atomic E-state index is 5.44. The molecule has 0 spiro atoms. The van der Waals surface area contributed by atoms with Crippen molar-refractivity contribution in [1.29, 1.82) is 0 Å². The number of hydrogen-bond acceptors (Lipinski definition) is 2. The van der Waals surface area contributed by atoms with Gasteiger partial charge in [-0.05, 0) is 17.5 Å². The molecule has 1 heterocycles. The predicted octanol–water partition coefficient (Wildman–Crippen LogP) is 1.86. The van der Waals surface area contributed by atoms with Crippen LogP contribution >= 0.6 is 12.2 Å². The molecule has 12 heavy (non-hydrogen) atoms. The van der Waals surface area contributed by atoms with Gasteiger partial charge in [0, 0.05) is 18.8 Å². The van der Waals surface area contributed by atoms with Gasteiger partial charge in [0.15, 0.2) is 0 Å². The molecule has 3 heteroatoms. The number of aromatic nitrogens is 1. The summed E-state index contributed by atoms with van der Waals surface area (Å²) in [6, 6.07) is 3.96. The van der Waals surface area contributed by atoms with E-state index in [1.165, 1.54) is 5.56 Å². The fraction of sp³-hybridized carbons (Fsp3) is 0.333. The lowest BCUT2D eigenvalue weighted by molar-refractivity contribution is 0.801. The molecule has 1 aromatic heterocycles. The van der Waals surface area contributed by atoms with Crippen LogP contribution in [0.15, 0.2) is 24.5 Å². The van der Waals surface area contributed by atoms with Crippen molar-refractivity contribution in [2.45, 2.75) is 19.3 Å². The van der Waals surface area contributed by atoms with Crippen molar-refractivity contribution in [1.82, 2.24) is 4.98 Å². The summed E-state index contributed by atoms with van der Waals surface area (Å²) in [5.41, 5.74) is 6.63. The second kappa shape index (κ2) is 4.16. The summed E-state index contributed by atoms with van der Waals surface area (Å²) >= 11 is 4.83. The fourth-order valence-corrected chi connectivity index (χ4v) is 1.34. The first-order chi connectivity index (χ1) is 5.70. The van der Waals surface area contributed by atoms with Crippen LogP contribution in [0.5, 0.6) is 0 Å². The molecule has 64 valence electrons. The Morgan fingerprint density at radius 3 is 3.00 bits per heavy atom. The van der Waals surface area contributed by atoms with Crippen LogP contribution < -0.4 is 5.73 Å². The Morgan fingerprint density at radius 2 is 2.50 bits per heavy atom. The van der Waals surface area contributed by atoms with Crippen LogP contribution in [0.2, 0.25) is 0 Å². The van der Waals surface area contributed by atoms with Crippen LogP contribution in [0.25, 0.3) is 0 Å². The zero-order valence-electron chi connectivity index (χ0n) is 7.03. The third-order valence-corrected chi connectivity index (χ3v) is 1.93. The van der Waals surface area contributed by atoms with Crippen molar-refractivity contribution in [3.63, 3.8) is 0 Å². The molecule has 0 aliphatic heterocycles. The smallest absolute Gasteiger partial charge is 0.0733 e. The molecule has 1 aromatic rings. The van der Waals surface area contributed by atoms with E-state index in [2.05, 4.69) is 11.9 Å². The van der Waals surface area contributed by atoms with E-state index in [0.717, 1.165) is 6.42 Å². The Labute approximate surface area is 77.8 Å². The van der Waals surface area contributed by atoms with E-state index in [4.69, 9.17) is 18.0 Å². The van der Waals surface area contributed by atoms with Crippen LogP contribution in [0.1, 0.15) is 24.8 Å². The summed E-state index contributed by atoms with van der Waals surface area (Å²) in [4.78, 5) is 4.59. The van der Waals surface area contributed by atoms with Gasteiger partial charge in [-0.2, -0.15) is 0 Å². The summed E-state index contributed by atoms with van der Waals surface area (Å²) in [6.07, 6.45) is 4.36. The average Bonchev–Trinajstić information content (AvgIpc) is 2.05. The van der Waals surface area contributed by atoms with Gasteiger partial charge in [0.2, 0.25) is 0 Å². The van der Waals surface area contributed by atoms with Crippen molar-refractivity contribution < 1.29 is 0 Å². The summed E-state index contributed by atoms with van der Waals surface area (Å²) in [6.45, 7) is 2.09. The van der Waals surface area contributed by atoms with Crippen molar-refractivity contribution in [3.8, 4) is 0 Å². The van der Waals surface area contributed by atoms with Gasteiger partial charge in [-0.1, -0.05) is 25.2 Å². The standard InChI is InChI=1S/C9H12N2S/c1-7(5-9(10)12)8-3-2-4-11-6-8/h2-4,6-7H,5H2,1H3,(H2,10,12). The number of rotatable bonds is 3. The molecular weight excluding hydrogens is 168 g/mol. The van der Waals surface area contributed by atoms with E-state index < -0.39 is 0 Å². The molecule has 1 rings (SSSR count). The molecule has 0 saturated heterocycles. The number of nitrogens with two attached hydrogens (primary N) is 1. The van der Waals surface area contributed by atoms with Crippen LogP contribution in [0, 0.1) is 0 Å². The first kappa shape index (κ1) is 9.13. The number of nitrogens with zero attached hydrogens (tertiary/aromatic N) is 1. The highest BCUT2D eigenvalue weighted by molar-refractivity contribution is 7.80. The Hall–Kier alpha value is -0.960. The van der Waals surface area contributed by atoms with E-state index in [-0.39, 0.29) is 0 Å². The zero-order valence-corrected chi connectivity index (χ0v) is 7.84. The summed E-state index contributed by atoms with van der Waals surface area (Å²) in [5.74, 6) is 0.371. The third-order valence-electron chi connectivity index (χ3n) is 1.76. The summed E-state index contributed by atoms with van der Waals surface area (Å²) in [5, 5.41) is 0. The third kappa shape index (κ3) is 2.58. The van der Waals surface area contributed by atoms with Crippen LogP contribution in [-0.4, -0.2) is 9.97 Å². The highest BCUT2D eigenvalue weighted by Crippen LogP contribution is 2.16. The second-order valence-electron chi connectivity index (χ2n) is 2.86. The topological polar surface area (TPSA) is 38.9 Å². The van der Waals surface area contributed by atoms with E-state index in [0.29, 0.717) is 10.9 Å². The van der Waals surface area contributed by atoms with E-state index in [9.17, 15) is 0 Å². The molecule has 0 fully saturated rings. The Balaban J connectivity index is 2.65. The molecule has 0 aliphatic carbocycles. The van der Waals surface area contributed by atoms with E-state index in [1.54, 1.807) is 6.20 Å². The molecule has 0 aromatic carbocycles. The van der Waals surface area contributed by atoms with Crippen LogP contribution in [0.3, 0.4) is 0 Å². The first-order valence-corrected chi connectivity index (χ1v) is 4.29. The highest BCUT2D eigenvalue weighted by Gasteiger charge is 2.05. The highest BCUT2D eigenvalue weighted by atomic mass is 32.1. The normalized spacial score (nSPS) is 12.4. The Morgan fingerprint density at radius 1 is 1.75 bits per heavy atom. The first-order valence-electron chi connectivity index (χ1n) is 3.88. The van der Waals surface area contributed by atoms with Crippen molar-refractivity contribution in [3.05, 3.63) is 30.1 Å². The molecular formula is C9H12N2S. The maximum Gasteiger partial charge on any atom is 0.0733 e. The van der Waals surface area contributed by atoms with Crippen LogP contribution in [0.4, 0.5) is 0 Å². The summed E-state index contributed by atoms with van der Waals surface area (Å²) < 4.78 is 0. The largest absolute Gasteiger partial charge is 0.393 e. The minimum atomic E-state index is 0.371. The fourth-order valence-electron chi connectivity index (χ4n) is 1.09. The zero-order chi connectivity index (χ0) is 8.97. The van der Waals surface area contributed by atoms with Gasteiger partial charge < -0.3 is 5.73 Å². The lowest BCUT2D eigenvalue weighted by Crippen LogP contribution is -2.11. The number of hydrogen-bond donors (Lipinski definition) is 1. The molecule has 0 amide bonds. The van der Waals surface area contributed by atoms with Gasteiger partial charge in [-0.25, -0.2) is 0 Å². The molecule has 2 nitrogen and oxygen atoms in total. The number of thiocarbonyl (C=S) groups is 1. The monoisotopic (exact) mass is 180 g/mol. The second-order valence-corrected chi connectivity index (χ2v) is 3.38. The quantitative estimate of drug-likeness (QED) is 0.722. The molecule has 0 saturated carbocycles. The Bertz CT molecular complexity index is 258. The average molecular weight is 180 g/mol. The van der Waals surface area contributed by atoms with Gasteiger partial charge in [0.05, 0.1) is 4.99 Å². The molecule has 2 N–H and O–H groups in total. The molecule has 1 atom stereocenters. The minimum Gasteiger partial charge on any atom is -0.393 e. The lowest BCUT2D eigenvalue weighted by atomic mass is 10.00. The molecule has 0 radical (unpaired) electrons. The maximum atomic E-state index is 5.44. The predicted molar refractivity (Wildman–Crippen MR) is 54.1 cm³/mol. The van der Waals surface area contributed by atoms with Gasteiger partial charge in [-0.15, -0.1) is 0 Å². The lowest BCUT2D eigenvalue weighted by Gasteiger charge is -2.08. The van der Waals surface area contributed by atoms with Gasteiger partial charge in [0.25, 0.3) is 0 Å². The van der Waals surface area contributed by atoms with Crippen molar-refractivity contribution in [2.75, 3.05) is 0 Å². The Kier molecular flexibility index (Phi) is 3.17. The van der Waals surface area contributed by atoms with Gasteiger partial charge >= 0.3 is 0 Å². The molecule has 1 unspecified atom stereocenters. The van der Waals surface area contributed by atoms with Gasteiger partial charge in [0.1, 0.15) is 0 Å². The van der Waals surface area contributed by atoms with Crippen molar-refractivity contribution >= 4 is 17.2 Å². The van der Waals surface area contributed by atoms with Gasteiger partial charge in [-0.3, -0.25) is 4.98 Å². The minimum absolute atomic E-state index is 0.371. The molecule has 0 bridgehead atoms.